The monoisotopic (exact) mass is 362 g/mol. The van der Waals surface area contributed by atoms with Crippen LogP contribution in [0.4, 0.5) is 0 Å². The Kier molecular flexibility index (Phi) is 4.96. The fourth-order valence-electron chi connectivity index (χ4n) is 3.00. The maximum Gasteiger partial charge on any atom is 0.243 e. The van der Waals surface area contributed by atoms with Gasteiger partial charge in [-0.25, -0.2) is 8.42 Å². The predicted molar refractivity (Wildman–Crippen MR) is 93.4 cm³/mol. The summed E-state index contributed by atoms with van der Waals surface area (Å²) in [6, 6.07) is 7.90. The Morgan fingerprint density at radius 3 is 2.76 bits per heavy atom. The topological polar surface area (TPSA) is 79.6 Å². The van der Waals surface area contributed by atoms with Crippen molar-refractivity contribution in [2.75, 3.05) is 6.54 Å². The van der Waals surface area contributed by atoms with Gasteiger partial charge in [-0.05, 0) is 62.1 Å². The quantitative estimate of drug-likeness (QED) is 0.885. The fourth-order valence-corrected chi connectivity index (χ4v) is 4.75. The van der Waals surface area contributed by atoms with Gasteiger partial charge >= 0.3 is 0 Å². The van der Waals surface area contributed by atoms with Crippen molar-refractivity contribution >= 4 is 15.9 Å². The Balaban J connectivity index is 1.77. The molecule has 1 N–H and O–H groups in total. The molecule has 1 aliphatic heterocycles. The summed E-state index contributed by atoms with van der Waals surface area (Å²) in [5, 5.41) is 2.76. The van der Waals surface area contributed by atoms with Crippen LogP contribution in [0.1, 0.15) is 29.7 Å². The minimum Gasteiger partial charge on any atom is -0.467 e. The van der Waals surface area contributed by atoms with Crippen molar-refractivity contribution in [2.45, 2.75) is 44.2 Å². The molecule has 25 heavy (non-hydrogen) atoms. The molecule has 1 fully saturated rings. The van der Waals surface area contributed by atoms with Crippen LogP contribution in [0.3, 0.4) is 0 Å². The Morgan fingerprint density at radius 2 is 2.08 bits per heavy atom. The summed E-state index contributed by atoms with van der Waals surface area (Å²) in [6.07, 6.45) is 2.73. The number of hydrogen-bond acceptors (Lipinski definition) is 4. The van der Waals surface area contributed by atoms with Crippen LogP contribution in [-0.2, 0) is 21.4 Å². The van der Waals surface area contributed by atoms with Crippen LogP contribution in [0.25, 0.3) is 0 Å². The summed E-state index contributed by atoms with van der Waals surface area (Å²) in [6.45, 7) is 4.42. The first-order chi connectivity index (χ1) is 11.9. The van der Waals surface area contributed by atoms with E-state index in [0.29, 0.717) is 25.1 Å². The van der Waals surface area contributed by atoms with E-state index >= 15 is 0 Å². The SMILES string of the molecule is Cc1ccc(S(=O)(=O)N2CCCC2C(=O)NCc2ccco2)cc1C. The summed E-state index contributed by atoms with van der Waals surface area (Å²) in [7, 11) is -3.70. The van der Waals surface area contributed by atoms with Gasteiger partial charge in [-0.3, -0.25) is 4.79 Å². The van der Waals surface area contributed by atoms with E-state index in [9.17, 15) is 13.2 Å². The van der Waals surface area contributed by atoms with Crippen LogP contribution in [0.15, 0.2) is 45.9 Å². The first-order valence-electron chi connectivity index (χ1n) is 8.29. The van der Waals surface area contributed by atoms with Gasteiger partial charge in [0.2, 0.25) is 15.9 Å². The summed E-state index contributed by atoms with van der Waals surface area (Å²) < 4.78 is 32.4. The third kappa shape index (κ3) is 3.62. The van der Waals surface area contributed by atoms with E-state index < -0.39 is 16.1 Å². The molecule has 1 aliphatic rings. The maximum absolute atomic E-state index is 13.0. The number of carbonyl (C=O) groups excluding carboxylic acids is 1. The number of nitrogens with zero attached hydrogens (tertiary/aromatic N) is 1. The molecule has 3 rings (SSSR count). The summed E-state index contributed by atoms with van der Waals surface area (Å²) in [5.74, 6) is 0.344. The number of aryl methyl sites for hydroxylation is 2. The number of amides is 1. The number of rotatable bonds is 5. The van der Waals surface area contributed by atoms with Crippen molar-refractivity contribution in [3.63, 3.8) is 0 Å². The molecule has 1 unspecified atom stereocenters. The molecule has 0 aliphatic carbocycles. The highest BCUT2D eigenvalue weighted by Crippen LogP contribution is 2.27. The molecular weight excluding hydrogens is 340 g/mol. The molecule has 134 valence electrons. The zero-order chi connectivity index (χ0) is 18.0. The van der Waals surface area contributed by atoms with Crippen LogP contribution in [0.5, 0.6) is 0 Å². The Morgan fingerprint density at radius 1 is 1.28 bits per heavy atom. The fraction of sp³-hybridized carbons (Fsp3) is 0.389. The lowest BCUT2D eigenvalue weighted by Crippen LogP contribution is -2.45. The lowest BCUT2D eigenvalue weighted by molar-refractivity contribution is -0.124. The first kappa shape index (κ1) is 17.7. The summed E-state index contributed by atoms with van der Waals surface area (Å²) in [5.41, 5.74) is 1.95. The largest absolute Gasteiger partial charge is 0.467 e. The highest BCUT2D eigenvalue weighted by Gasteiger charge is 2.39. The minimum atomic E-state index is -3.70. The molecule has 1 saturated heterocycles. The Bertz CT molecular complexity index is 859. The molecule has 0 saturated carbocycles. The van der Waals surface area contributed by atoms with E-state index in [2.05, 4.69) is 5.32 Å². The van der Waals surface area contributed by atoms with Crippen LogP contribution in [0.2, 0.25) is 0 Å². The smallest absolute Gasteiger partial charge is 0.243 e. The molecular formula is C18H22N2O4S. The highest BCUT2D eigenvalue weighted by atomic mass is 32.2. The van der Waals surface area contributed by atoms with Gasteiger partial charge in [-0.15, -0.1) is 0 Å². The third-order valence-corrected chi connectivity index (χ3v) is 6.51. The van der Waals surface area contributed by atoms with E-state index in [4.69, 9.17) is 4.42 Å². The standard InChI is InChI=1S/C18H22N2O4S/c1-13-7-8-16(11-14(13)2)25(22,23)20-9-3-6-17(20)18(21)19-12-15-5-4-10-24-15/h4-5,7-8,10-11,17H,3,6,9,12H2,1-2H3,(H,19,21). The maximum atomic E-state index is 13.0. The van der Waals surface area contributed by atoms with Gasteiger partial charge in [0.1, 0.15) is 11.8 Å². The minimum absolute atomic E-state index is 0.237. The summed E-state index contributed by atoms with van der Waals surface area (Å²) in [4.78, 5) is 12.7. The van der Waals surface area contributed by atoms with Gasteiger partial charge in [0, 0.05) is 6.54 Å². The molecule has 0 radical (unpaired) electrons. The molecule has 0 spiro atoms. The molecule has 1 aromatic carbocycles. The number of sulfonamides is 1. The number of nitrogens with one attached hydrogen (secondary N) is 1. The lowest BCUT2D eigenvalue weighted by atomic mass is 10.1. The molecule has 2 aromatic rings. The van der Waals surface area contributed by atoms with Crippen molar-refractivity contribution in [3.8, 4) is 0 Å². The predicted octanol–water partition coefficient (Wildman–Crippen LogP) is 2.37. The Labute approximate surface area is 147 Å². The van der Waals surface area contributed by atoms with Gasteiger partial charge in [-0.2, -0.15) is 4.31 Å². The van der Waals surface area contributed by atoms with E-state index in [0.717, 1.165) is 11.1 Å². The molecule has 2 heterocycles. The van der Waals surface area contributed by atoms with Crippen LogP contribution in [0, 0.1) is 13.8 Å². The van der Waals surface area contributed by atoms with E-state index in [1.165, 1.54) is 10.6 Å². The van der Waals surface area contributed by atoms with Crippen LogP contribution >= 0.6 is 0 Å². The normalized spacial score (nSPS) is 18.4. The number of carbonyl (C=O) groups is 1. The van der Waals surface area contributed by atoms with Crippen molar-refractivity contribution in [3.05, 3.63) is 53.5 Å². The second kappa shape index (κ2) is 7.01. The van der Waals surface area contributed by atoms with Crippen LogP contribution in [-0.4, -0.2) is 31.2 Å². The number of hydrogen-bond donors (Lipinski definition) is 1. The second-order valence-electron chi connectivity index (χ2n) is 6.32. The van der Waals surface area contributed by atoms with Gasteiger partial charge < -0.3 is 9.73 Å². The lowest BCUT2D eigenvalue weighted by Gasteiger charge is -2.23. The van der Waals surface area contributed by atoms with E-state index in [-0.39, 0.29) is 17.3 Å². The molecule has 1 amide bonds. The molecule has 0 bridgehead atoms. The van der Waals surface area contributed by atoms with Gasteiger partial charge in [0.15, 0.2) is 0 Å². The molecule has 7 heteroatoms. The van der Waals surface area contributed by atoms with Gasteiger partial charge in [0.25, 0.3) is 0 Å². The zero-order valence-electron chi connectivity index (χ0n) is 14.4. The van der Waals surface area contributed by atoms with E-state index in [1.807, 2.05) is 13.8 Å². The van der Waals surface area contributed by atoms with Crippen LogP contribution < -0.4 is 5.32 Å². The average molecular weight is 362 g/mol. The van der Waals surface area contributed by atoms with E-state index in [1.54, 1.807) is 30.3 Å². The summed E-state index contributed by atoms with van der Waals surface area (Å²) >= 11 is 0. The third-order valence-electron chi connectivity index (χ3n) is 4.61. The van der Waals surface area contributed by atoms with Gasteiger partial charge in [0.05, 0.1) is 17.7 Å². The Hall–Kier alpha value is -2.12. The van der Waals surface area contributed by atoms with Crippen molar-refractivity contribution in [2.24, 2.45) is 0 Å². The first-order valence-corrected chi connectivity index (χ1v) is 9.73. The number of furan rings is 1. The van der Waals surface area contributed by atoms with Crippen molar-refractivity contribution in [1.29, 1.82) is 0 Å². The zero-order valence-corrected chi connectivity index (χ0v) is 15.2. The van der Waals surface area contributed by atoms with Gasteiger partial charge in [-0.1, -0.05) is 6.07 Å². The molecule has 6 nitrogen and oxygen atoms in total. The van der Waals surface area contributed by atoms with Crippen molar-refractivity contribution < 1.29 is 17.6 Å². The van der Waals surface area contributed by atoms with Crippen molar-refractivity contribution in [1.82, 2.24) is 9.62 Å². The number of benzene rings is 1. The second-order valence-corrected chi connectivity index (χ2v) is 8.21. The average Bonchev–Trinajstić information content (AvgIpc) is 3.26. The molecule has 1 atom stereocenters. The highest BCUT2D eigenvalue weighted by molar-refractivity contribution is 7.89. The molecule has 1 aromatic heterocycles.